The quantitative estimate of drug-likeness (QED) is 0.825. The predicted molar refractivity (Wildman–Crippen MR) is 88.5 cm³/mol. The molecule has 0 spiro atoms. The summed E-state index contributed by atoms with van der Waals surface area (Å²) in [4.78, 5) is 15.9. The smallest absolute Gasteiger partial charge is 0.314 e. The molecule has 2 N–H and O–H groups in total. The van der Waals surface area contributed by atoms with Crippen molar-refractivity contribution in [3.8, 4) is 5.75 Å². The summed E-state index contributed by atoms with van der Waals surface area (Å²) in [6.07, 6.45) is 2.43. The van der Waals surface area contributed by atoms with E-state index in [1.165, 1.54) is 0 Å². The summed E-state index contributed by atoms with van der Waals surface area (Å²) >= 11 is 1.59. The molecule has 1 aromatic heterocycles. The summed E-state index contributed by atoms with van der Waals surface area (Å²) in [6, 6.07) is 7.66. The number of carbonyl (C=O) groups excluding carboxylic acids is 1. The number of rotatable bonds is 7. The number of hydrogen-bond donors (Lipinski definition) is 2. The number of benzene rings is 1. The van der Waals surface area contributed by atoms with Crippen LogP contribution in [-0.2, 0) is 6.42 Å². The molecule has 2 aromatic rings. The van der Waals surface area contributed by atoms with Crippen molar-refractivity contribution in [2.75, 3.05) is 13.1 Å². The van der Waals surface area contributed by atoms with Gasteiger partial charge in [-0.15, -0.1) is 11.3 Å². The topological polar surface area (TPSA) is 63.2 Å². The first-order valence-corrected chi connectivity index (χ1v) is 8.15. The Morgan fingerprint density at radius 1 is 1.36 bits per heavy atom. The highest BCUT2D eigenvalue weighted by Gasteiger charge is 2.08. The van der Waals surface area contributed by atoms with Gasteiger partial charge in [-0.25, -0.2) is 9.78 Å². The molecule has 1 aromatic carbocycles. The lowest BCUT2D eigenvalue weighted by Gasteiger charge is -2.17. The van der Waals surface area contributed by atoms with Crippen molar-refractivity contribution >= 4 is 17.4 Å². The van der Waals surface area contributed by atoms with E-state index < -0.39 is 0 Å². The van der Waals surface area contributed by atoms with Crippen molar-refractivity contribution in [2.45, 2.75) is 26.4 Å². The number of urea groups is 1. The first-order valence-electron chi connectivity index (χ1n) is 7.27. The molecule has 2 rings (SSSR count). The predicted octanol–water partition coefficient (Wildman–Crippen LogP) is 2.76. The maximum absolute atomic E-state index is 11.7. The standard InChI is InChI=1S/C16H21N3O2S/c1-12-5-3-4-6-14(12)21-13(2)11-19-16(20)18-8-7-15-17-9-10-22-15/h3-6,9-10,13H,7-8,11H2,1-2H3,(H2,18,19,20)/t13-/m0/s1. The van der Waals surface area contributed by atoms with Crippen LogP contribution in [-0.4, -0.2) is 30.2 Å². The van der Waals surface area contributed by atoms with Gasteiger partial charge in [0.05, 0.1) is 11.6 Å². The Hall–Kier alpha value is -2.08. The minimum absolute atomic E-state index is 0.0918. The van der Waals surface area contributed by atoms with E-state index in [2.05, 4.69) is 15.6 Å². The minimum Gasteiger partial charge on any atom is -0.489 e. The Kier molecular flexibility index (Phi) is 6.21. The second kappa shape index (κ2) is 8.38. The van der Waals surface area contributed by atoms with E-state index in [0.717, 1.165) is 22.7 Å². The molecular weight excluding hydrogens is 298 g/mol. The van der Waals surface area contributed by atoms with Gasteiger partial charge in [-0.1, -0.05) is 18.2 Å². The van der Waals surface area contributed by atoms with E-state index in [0.29, 0.717) is 13.1 Å². The number of aryl methyl sites for hydroxylation is 1. The number of nitrogens with zero attached hydrogens (tertiary/aromatic N) is 1. The van der Waals surface area contributed by atoms with Crippen molar-refractivity contribution in [1.82, 2.24) is 15.6 Å². The van der Waals surface area contributed by atoms with E-state index in [9.17, 15) is 4.79 Å². The van der Waals surface area contributed by atoms with Crippen molar-refractivity contribution < 1.29 is 9.53 Å². The Bertz CT molecular complexity index is 587. The first-order chi connectivity index (χ1) is 10.6. The number of nitrogens with one attached hydrogen (secondary N) is 2. The molecule has 118 valence electrons. The van der Waals surface area contributed by atoms with Gasteiger partial charge in [-0.3, -0.25) is 0 Å². The van der Waals surface area contributed by atoms with Crippen molar-refractivity contribution in [2.24, 2.45) is 0 Å². The molecule has 1 heterocycles. The van der Waals surface area contributed by atoms with Crippen LogP contribution in [0, 0.1) is 6.92 Å². The van der Waals surface area contributed by atoms with Crippen LogP contribution < -0.4 is 15.4 Å². The van der Waals surface area contributed by atoms with Gasteiger partial charge in [0, 0.05) is 24.5 Å². The number of hydrogen-bond acceptors (Lipinski definition) is 4. The summed E-state index contributed by atoms with van der Waals surface area (Å²) < 4.78 is 5.81. The summed E-state index contributed by atoms with van der Waals surface area (Å²) in [5.74, 6) is 0.848. The lowest BCUT2D eigenvalue weighted by Crippen LogP contribution is -2.41. The zero-order chi connectivity index (χ0) is 15.8. The molecule has 0 radical (unpaired) electrons. The monoisotopic (exact) mass is 319 g/mol. The Labute approximate surface area is 134 Å². The fourth-order valence-corrected chi connectivity index (χ4v) is 2.53. The maximum Gasteiger partial charge on any atom is 0.314 e. The van der Waals surface area contributed by atoms with Crippen molar-refractivity contribution in [3.63, 3.8) is 0 Å². The van der Waals surface area contributed by atoms with E-state index in [4.69, 9.17) is 4.74 Å². The molecular formula is C16H21N3O2S. The zero-order valence-corrected chi connectivity index (χ0v) is 13.7. The van der Waals surface area contributed by atoms with Gasteiger partial charge >= 0.3 is 6.03 Å². The maximum atomic E-state index is 11.7. The SMILES string of the molecule is Cc1ccccc1O[C@@H](C)CNC(=O)NCCc1nccs1. The van der Waals surface area contributed by atoms with Crippen LogP contribution in [0.25, 0.3) is 0 Å². The molecule has 0 fully saturated rings. The van der Waals surface area contributed by atoms with E-state index in [1.54, 1.807) is 17.5 Å². The average molecular weight is 319 g/mol. The lowest BCUT2D eigenvalue weighted by molar-refractivity contribution is 0.207. The van der Waals surface area contributed by atoms with Gasteiger partial charge in [0.1, 0.15) is 11.9 Å². The molecule has 0 aliphatic carbocycles. The number of ether oxygens (including phenoxy) is 1. The third kappa shape index (κ3) is 5.37. The fourth-order valence-electron chi connectivity index (χ4n) is 1.91. The van der Waals surface area contributed by atoms with Crippen LogP contribution in [0.4, 0.5) is 4.79 Å². The first kappa shape index (κ1) is 16.3. The van der Waals surface area contributed by atoms with E-state index in [1.807, 2.05) is 43.5 Å². The van der Waals surface area contributed by atoms with Crippen LogP contribution in [0.1, 0.15) is 17.5 Å². The Balaban J connectivity index is 1.64. The Morgan fingerprint density at radius 2 is 2.18 bits per heavy atom. The molecule has 0 saturated heterocycles. The third-order valence-corrected chi connectivity index (χ3v) is 3.92. The molecule has 5 nitrogen and oxygen atoms in total. The molecule has 22 heavy (non-hydrogen) atoms. The zero-order valence-electron chi connectivity index (χ0n) is 12.8. The molecule has 0 aliphatic heterocycles. The highest BCUT2D eigenvalue weighted by Crippen LogP contribution is 2.17. The van der Waals surface area contributed by atoms with Crippen LogP contribution in [0.5, 0.6) is 5.75 Å². The van der Waals surface area contributed by atoms with Gasteiger partial charge in [0.2, 0.25) is 0 Å². The summed E-state index contributed by atoms with van der Waals surface area (Å²) in [6.45, 7) is 4.97. The molecule has 1 atom stereocenters. The van der Waals surface area contributed by atoms with Crippen LogP contribution in [0.2, 0.25) is 0 Å². The van der Waals surface area contributed by atoms with Gasteiger partial charge in [0.25, 0.3) is 0 Å². The lowest BCUT2D eigenvalue weighted by atomic mass is 10.2. The average Bonchev–Trinajstić information content (AvgIpc) is 3.01. The van der Waals surface area contributed by atoms with Gasteiger partial charge in [-0.2, -0.15) is 0 Å². The number of aromatic nitrogens is 1. The molecule has 2 amide bonds. The molecule has 6 heteroatoms. The molecule has 0 saturated carbocycles. The summed E-state index contributed by atoms with van der Waals surface area (Å²) in [7, 11) is 0. The normalized spacial score (nSPS) is 11.7. The fraction of sp³-hybridized carbons (Fsp3) is 0.375. The van der Waals surface area contributed by atoms with Crippen molar-refractivity contribution in [3.05, 3.63) is 46.4 Å². The number of carbonyl (C=O) groups is 1. The molecule has 0 bridgehead atoms. The highest BCUT2D eigenvalue weighted by molar-refractivity contribution is 7.09. The van der Waals surface area contributed by atoms with Gasteiger partial charge in [0.15, 0.2) is 0 Å². The van der Waals surface area contributed by atoms with Crippen LogP contribution in [0.3, 0.4) is 0 Å². The van der Waals surface area contributed by atoms with Crippen molar-refractivity contribution in [1.29, 1.82) is 0 Å². The molecule has 0 unspecified atom stereocenters. The van der Waals surface area contributed by atoms with Gasteiger partial charge in [-0.05, 0) is 25.5 Å². The Morgan fingerprint density at radius 3 is 2.91 bits per heavy atom. The van der Waals surface area contributed by atoms with Crippen LogP contribution in [0.15, 0.2) is 35.8 Å². The summed E-state index contributed by atoms with van der Waals surface area (Å²) in [5, 5.41) is 8.58. The summed E-state index contributed by atoms with van der Waals surface area (Å²) in [5.41, 5.74) is 1.09. The largest absolute Gasteiger partial charge is 0.489 e. The number of amides is 2. The second-order valence-electron chi connectivity index (χ2n) is 5.01. The van der Waals surface area contributed by atoms with E-state index in [-0.39, 0.29) is 12.1 Å². The number of thiazole rings is 1. The highest BCUT2D eigenvalue weighted by atomic mass is 32.1. The van der Waals surface area contributed by atoms with Gasteiger partial charge < -0.3 is 15.4 Å². The van der Waals surface area contributed by atoms with Crippen LogP contribution >= 0.6 is 11.3 Å². The molecule has 0 aliphatic rings. The van der Waals surface area contributed by atoms with E-state index >= 15 is 0 Å². The third-order valence-electron chi connectivity index (χ3n) is 3.08. The minimum atomic E-state index is -0.184. The number of para-hydroxylation sites is 1. The second-order valence-corrected chi connectivity index (χ2v) is 5.99.